The van der Waals surface area contributed by atoms with Gasteiger partial charge >= 0.3 is 6.18 Å². The Morgan fingerprint density at radius 2 is 1.81 bits per heavy atom. The lowest BCUT2D eigenvalue weighted by atomic mass is 10.0. The highest BCUT2D eigenvalue weighted by molar-refractivity contribution is 5.27. The minimum atomic E-state index is -4.66. The summed E-state index contributed by atoms with van der Waals surface area (Å²) in [6.45, 7) is 1.34. The Hall–Kier alpha value is -1.17. The standard InChI is InChI=1S/C10H10F5N/c1-5-2-3-7(11)6(9(5)12)4-8(16)10(13,14)15/h2-3,8H,4,16H2,1H3. The van der Waals surface area contributed by atoms with Crippen molar-refractivity contribution in [3.63, 3.8) is 0 Å². The van der Waals surface area contributed by atoms with Crippen LogP contribution >= 0.6 is 0 Å². The molecule has 0 aliphatic heterocycles. The van der Waals surface area contributed by atoms with E-state index in [1.54, 1.807) is 0 Å². The van der Waals surface area contributed by atoms with Gasteiger partial charge in [-0.25, -0.2) is 8.78 Å². The second-order valence-electron chi connectivity index (χ2n) is 3.51. The molecule has 1 aromatic carbocycles. The van der Waals surface area contributed by atoms with Gasteiger partial charge in [0.2, 0.25) is 0 Å². The van der Waals surface area contributed by atoms with Crippen LogP contribution in [0.5, 0.6) is 0 Å². The number of hydrogen-bond donors (Lipinski definition) is 1. The van der Waals surface area contributed by atoms with Gasteiger partial charge < -0.3 is 5.73 Å². The van der Waals surface area contributed by atoms with E-state index in [0.717, 1.165) is 12.1 Å². The molecular weight excluding hydrogens is 229 g/mol. The molecule has 1 atom stereocenters. The number of halogens is 5. The summed E-state index contributed by atoms with van der Waals surface area (Å²) < 4.78 is 62.9. The van der Waals surface area contributed by atoms with Crippen molar-refractivity contribution in [2.75, 3.05) is 0 Å². The fourth-order valence-electron chi connectivity index (χ4n) is 1.24. The first kappa shape index (κ1) is 12.9. The summed E-state index contributed by atoms with van der Waals surface area (Å²) >= 11 is 0. The van der Waals surface area contributed by atoms with Gasteiger partial charge in [-0.2, -0.15) is 13.2 Å². The molecule has 1 aromatic rings. The highest BCUT2D eigenvalue weighted by atomic mass is 19.4. The van der Waals surface area contributed by atoms with E-state index in [1.165, 1.54) is 6.92 Å². The van der Waals surface area contributed by atoms with Crippen molar-refractivity contribution >= 4 is 0 Å². The lowest BCUT2D eigenvalue weighted by molar-refractivity contribution is -0.147. The van der Waals surface area contributed by atoms with Crippen LogP contribution in [0.3, 0.4) is 0 Å². The average Bonchev–Trinajstić information content (AvgIpc) is 2.17. The zero-order valence-electron chi connectivity index (χ0n) is 8.41. The smallest absolute Gasteiger partial charge is 0.320 e. The molecule has 0 saturated heterocycles. The summed E-state index contributed by atoms with van der Waals surface area (Å²) in [6, 6.07) is -0.178. The van der Waals surface area contributed by atoms with E-state index in [9.17, 15) is 22.0 Å². The van der Waals surface area contributed by atoms with Crippen LogP contribution in [0.4, 0.5) is 22.0 Å². The number of aryl methyl sites for hydroxylation is 1. The van der Waals surface area contributed by atoms with Gasteiger partial charge in [0.05, 0.1) is 0 Å². The van der Waals surface area contributed by atoms with Gasteiger partial charge in [-0.05, 0) is 18.6 Å². The topological polar surface area (TPSA) is 26.0 Å². The SMILES string of the molecule is Cc1ccc(F)c(CC(N)C(F)(F)F)c1F. The fraction of sp³-hybridized carbons (Fsp3) is 0.400. The minimum Gasteiger partial charge on any atom is -0.320 e. The molecule has 90 valence electrons. The Bertz CT molecular complexity index is 386. The van der Waals surface area contributed by atoms with E-state index in [2.05, 4.69) is 0 Å². The van der Waals surface area contributed by atoms with E-state index in [-0.39, 0.29) is 5.56 Å². The van der Waals surface area contributed by atoms with Crippen LogP contribution in [0.2, 0.25) is 0 Å². The van der Waals surface area contributed by atoms with E-state index in [0.29, 0.717) is 0 Å². The second kappa shape index (κ2) is 4.37. The molecule has 1 nitrogen and oxygen atoms in total. The summed E-state index contributed by atoms with van der Waals surface area (Å²) in [5, 5.41) is 0. The zero-order chi connectivity index (χ0) is 12.5. The second-order valence-corrected chi connectivity index (χ2v) is 3.51. The van der Waals surface area contributed by atoms with Gasteiger partial charge in [-0.1, -0.05) is 6.07 Å². The largest absolute Gasteiger partial charge is 0.403 e. The summed E-state index contributed by atoms with van der Waals surface area (Å²) in [5.41, 5.74) is 4.28. The average molecular weight is 239 g/mol. The Morgan fingerprint density at radius 1 is 1.25 bits per heavy atom. The van der Waals surface area contributed by atoms with E-state index >= 15 is 0 Å². The van der Waals surface area contributed by atoms with Gasteiger partial charge in [0.25, 0.3) is 0 Å². The first-order valence-electron chi connectivity index (χ1n) is 4.49. The Balaban J connectivity index is 3.02. The molecule has 1 unspecified atom stereocenters. The fourth-order valence-corrected chi connectivity index (χ4v) is 1.24. The van der Waals surface area contributed by atoms with Crippen LogP contribution in [0, 0.1) is 18.6 Å². The summed E-state index contributed by atoms with van der Waals surface area (Å²) in [4.78, 5) is 0. The predicted molar refractivity (Wildman–Crippen MR) is 48.8 cm³/mol. The van der Waals surface area contributed by atoms with Crippen LogP contribution in [0.15, 0.2) is 12.1 Å². The van der Waals surface area contributed by atoms with Crippen LogP contribution in [-0.2, 0) is 6.42 Å². The summed E-state index contributed by atoms with van der Waals surface area (Å²) in [5.74, 6) is -1.98. The van der Waals surface area contributed by atoms with Crippen LogP contribution in [0.1, 0.15) is 11.1 Å². The van der Waals surface area contributed by atoms with Crippen LogP contribution < -0.4 is 5.73 Å². The lowest BCUT2D eigenvalue weighted by Crippen LogP contribution is -2.39. The van der Waals surface area contributed by atoms with E-state index < -0.39 is 35.8 Å². The number of hydrogen-bond acceptors (Lipinski definition) is 1. The molecule has 0 bridgehead atoms. The van der Waals surface area contributed by atoms with Crippen molar-refractivity contribution in [2.45, 2.75) is 25.6 Å². The first-order valence-corrected chi connectivity index (χ1v) is 4.49. The predicted octanol–water partition coefficient (Wildman–Crippen LogP) is 2.71. The third-order valence-electron chi connectivity index (χ3n) is 2.22. The molecule has 6 heteroatoms. The van der Waals surface area contributed by atoms with Gasteiger partial charge in [0, 0.05) is 12.0 Å². The number of benzene rings is 1. The van der Waals surface area contributed by atoms with Gasteiger partial charge in [-0.3, -0.25) is 0 Å². The van der Waals surface area contributed by atoms with Crippen molar-refractivity contribution in [1.29, 1.82) is 0 Å². The van der Waals surface area contributed by atoms with Crippen molar-refractivity contribution in [1.82, 2.24) is 0 Å². The molecule has 1 rings (SSSR count). The zero-order valence-corrected chi connectivity index (χ0v) is 8.41. The van der Waals surface area contributed by atoms with Crippen molar-refractivity contribution in [3.05, 3.63) is 34.9 Å². The van der Waals surface area contributed by atoms with Gasteiger partial charge in [-0.15, -0.1) is 0 Å². The molecule has 0 aliphatic rings. The molecule has 0 heterocycles. The molecule has 16 heavy (non-hydrogen) atoms. The minimum absolute atomic E-state index is 0.0887. The van der Waals surface area contributed by atoms with E-state index in [1.807, 2.05) is 0 Å². The Morgan fingerprint density at radius 3 is 2.31 bits per heavy atom. The molecule has 0 aromatic heterocycles. The molecular formula is C10H10F5N. The third-order valence-corrected chi connectivity index (χ3v) is 2.22. The maximum atomic E-state index is 13.3. The molecule has 0 fully saturated rings. The Labute approximate surface area is 89.1 Å². The number of rotatable bonds is 2. The Kier molecular flexibility index (Phi) is 3.52. The van der Waals surface area contributed by atoms with Crippen LogP contribution in [-0.4, -0.2) is 12.2 Å². The summed E-state index contributed by atoms with van der Waals surface area (Å²) in [6.07, 6.45) is -5.56. The molecule has 0 amide bonds. The normalized spacial score (nSPS) is 13.9. The van der Waals surface area contributed by atoms with Crippen LogP contribution in [0.25, 0.3) is 0 Å². The van der Waals surface area contributed by atoms with Crippen molar-refractivity contribution < 1.29 is 22.0 Å². The van der Waals surface area contributed by atoms with Gasteiger partial charge in [0.1, 0.15) is 17.7 Å². The highest BCUT2D eigenvalue weighted by Gasteiger charge is 2.37. The highest BCUT2D eigenvalue weighted by Crippen LogP contribution is 2.24. The summed E-state index contributed by atoms with van der Waals surface area (Å²) in [7, 11) is 0. The number of nitrogens with two attached hydrogens (primary N) is 1. The van der Waals surface area contributed by atoms with E-state index in [4.69, 9.17) is 5.73 Å². The van der Waals surface area contributed by atoms with Crippen molar-refractivity contribution in [3.8, 4) is 0 Å². The molecule has 0 saturated carbocycles. The monoisotopic (exact) mass is 239 g/mol. The molecule has 0 spiro atoms. The maximum absolute atomic E-state index is 13.3. The molecule has 0 radical (unpaired) electrons. The van der Waals surface area contributed by atoms with Gasteiger partial charge in [0.15, 0.2) is 0 Å². The third kappa shape index (κ3) is 2.69. The molecule has 0 aliphatic carbocycles. The maximum Gasteiger partial charge on any atom is 0.403 e. The van der Waals surface area contributed by atoms with Crippen molar-refractivity contribution in [2.24, 2.45) is 5.73 Å². The molecule has 2 N–H and O–H groups in total. The first-order chi connectivity index (χ1) is 7.23. The number of alkyl halides is 3. The lowest BCUT2D eigenvalue weighted by Gasteiger charge is -2.16. The quantitative estimate of drug-likeness (QED) is 0.789.